The lowest BCUT2D eigenvalue weighted by Gasteiger charge is -2.22. The molecule has 88 valence electrons. The standard InChI is InChI=1S/C11H12F3NO/c12-11(13,14)9-3-1-2-4-10(9)15-6-5-8(16)7-15/h1-4,8,16H,5-7H2. The van der Waals surface area contributed by atoms with E-state index in [9.17, 15) is 18.3 Å². The zero-order valence-electron chi connectivity index (χ0n) is 8.54. The Bertz CT molecular complexity index is 378. The minimum Gasteiger partial charge on any atom is -0.391 e. The molecule has 1 atom stereocenters. The molecule has 0 aliphatic carbocycles. The van der Waals surface area contributed by atoms with Crippen molar-refractivity contribution in [1.82, 2.24) is 0 Å². The van der Waals surface area contributed by atoms with Crippen LogP contribution in [-0.2, 0) is 6.18 Å². The SMILES string of the molecule is OC1CCN(c2ccccc2C(F)(F)F)C1. The zero-order chi connectivity index (χ0) is 11.8. The molecule has 2 rings (SSSR count). The van der Waals surface area contributed by atoms with Crippen molar-refractivity contribution in [3.8, 4) is 0 Å². The topological polar surface area (TPSA) is 23.5 Å². The minimum absolute atomic E-state index is 0.159. The van der Waals surface area contributed by atoms with Crippen molar-refractivity contribution in [2.24, 2.45) is 0 Å². The highest BCUT2D eigenvalue weighted by Crippen LogP contribution is 2.37. The van der Waals surface area contributed by atoms with Crippen LogP contribution in [0.15, 0.2) is 24.3 Å². The molecule has 0 bridgehead atoms. The van der Waals surface area contributed by atoms with Gasteiger partial charge in [-0.15, -0.1) is 0 Å². The predicted molar refractivity (Wildman–Crippen MR) is 54.3 cm³/mol. The monoisotopic (exact) mass is 231 g/mol. The number of para-hydroxylation sites is 1. The number of hydrogen-bond donors (Lipinski definition) is 1. The van der Waals surface area contributed by atoms with E-state index in [1.807, 2.05) is 0 Å². The first-order chi connectivity index (χ1) is 7.48. The minimum atomic E-state index is -4.34. The molecule has 0 spiro atoms. The van der Waals surface area contributed by atoms with E-state index in [1.54, 1.807) is 11.0 Å². The summed E-state index contributed by atoms with van der Waals surface area (Å²) >= 11 is 0. The Hall–Kier alpha value is -1.23. The van der Waals surface area contributed by atoms with E-state index >= 15 is 0 Å². The van der Waals surface area contributed by atoms with Crippen LogP contribution in [0.4, 0.5) is 18.9 Å². The van der Waals surface area contributed by atoms with E-state index in [0.717, 1.165) is 6.07 Å². The summed E-state index contributed by atoms with van der Waals surface area (Å²) in [6, 6.07) is 5.47. The van der Waals surface area contributed by atoms with Crippen LogP contribution in [0, 0.1) is 0 Å². The van der Waals surface area contributed by atoms with Crippen LogP contribution in [-0.4, -0.2) is 24.3 Å². The van der Waals surface area contributed by atoms with E-state index in [2.05, 4.69) is 0 Å². The van der Waals surface area contributed by atoms with Crippen molar-refractivity contribution in [3.05, 3.63) is 29.8 Å². The number of β-amino-alcohol motifs (C(OH)–C–C–N with tert-alkyl or cyclic N) is 1. The van der Waals surface area contributed by atoms with Crippen molar-refractivity contribution >= 4 is 5.69 Å². The van der Waals surface area contributed by atoms with Gasteiger partial charge in [-0.05, 0) is 18.6 Å². The molecule has 2 nitrogen and oxygen atoms in total. The molecule has 1 N–H and O–H groups in total. The number of aliphatic hydroxyl groups excluding tert-OH is 1. The molecule has 1 aliphatic rings. The van der Waals surface area contributed by atoms with E-state index in [4.69, 9.17) is 0 Å². The summed E-state index contributed by atoms with van der Waals surface area (Å²) in [5.41, 5.74) is -0.476. The van der Waals surface area contributed by atoms with Crippen LogP contribution in [0.1, 0.15) is 12.0 Å². The lowest BCUT2D eigenvalue weighted by Crippen LogP contribution is -2.24. The summed E-state index contributed by atoms with van der Waals surface area (Å²) in [6.07, 6.45) is -4.35. The molecule has 1 fully saturated rings. The number of aliphatic hydroxyl groups is 1. The summed E-state index contributed by atoms with van der Waals surface area (Å²) in [5, 5.41) is 9.33. The highest BCUT2D eigenvalue weighted by atomic mass is 19.4. The molecule has 1 heterocycles. The Kier molecular flexibility index (Phi) is 2.80. The van der Waals surface area contributed by atoms with Crippen molar-refractivity contribution in [2.75, 3.05) is 18.0 Å². The van der Waals surface area contributed by atoms with E-state index < -0.39 is 17.8 Å². The Labute approximate surface area is 91.3 Å². The van der Waals surface area contributed by atoms with Crippen LogP contribution < -0.4 is 4.90 Å². The van der Waals surface area contributed by atoms with Gasteiger partial charge in [0.15, 0.2) is 0 Å². The van der Waals surface area contributed by atoms with Crippen LogP contribution >= 0.6 is 0 Å². The largest absolute Gasteiger partial charge is 0.418 e. The number of rotatable bonds is 1. The number of anilines is 1. The van der Waals surface area contributed by atoms with Crippen molar-refractivity contribution in [1.29, 1.82) is 0 Å². The molecule has 5 heteroatoms. The molecule has 1 unspecified atom stereocenters. The van der Waals surface area contributed by atoms with Gasteiger partial charge in [0.2, 0.25) is 0 Å². The Morgan fingerprint density at radius 2 is 1.94 bits per heavy atom. The summed E-state index contributed by atoms with van der Waals surface area (Å²) in [4.78, 5) is 1.58. The summed E-state index contributed by atoms with van der Waals surface area (Å²) in [5.74, 6) is 0. The number of alkyl halides is 3. The van der Waals surface area contributed by atoms with Gasteiger partial charge in [-0.1, -0.05) is 12.1 Å². The third kappa shape index (κ3) is 2.14. The molecule has 1 aromatic carbocycles. The average Bonchev–Trinajstić information content (AvgIpc) is 2.64. The molecule has 0 radical (unpaired) electrons. The fourth-order valence-electron chi connectivity index (χ4n) is 1.95. The molecular weight excluding hydrogens is 219 g/mol. The first kappa shape index (κ1) is 11.3. The predicted octanol–water partition coefficient (Wildman–Crippen LogP) is 2.28. The second-order valence-electron chi connectivity index (χ2n) is 3.90. The molecule has 0 amide bonds. The van der Waals surface area contributed by atoms with Gasteiger partial charge < -0.3 is 10.0 Å². The smallest absolute Gasteiger partial charge is 0.391 e. The molecule has 1 aliphatic heterocycles. The van der Waals surface area contributed by atoms with E-state index in [-0.39, 0.29) is 12.2 Å². The highest BCUT2D eigenvalue weighted by molar-refractivity contribution is 5.55. The molecule has 0 saturated carbocycles. The summed E-state index contributed by atoms with van der Waals surface area (Å²) in [7, 11) is 0. The lowest BCUT2D eigenvalue weighted by molar-refractivity contribution is -0.137. The maximum absolute atomic E-state index is 12.7. The first-order valence-corrected chi connectivity index (χ1v) is 5.08. The first-order valence-electron chi connectivity index (χ1n) is 5.08. The molecule has 0 aromatic heterocycles. The van der Waals surface area contributed by atoms with Gasteiger partial charge in [-0.25, -0.2) is 0 Å². The Morgan fingerprint density at radius 1 is 1.25 bits per heavy atom. The summed E-state index contributed by atoms with van der Waals surface area (Å²) in [6.45, 7) is 0.737. The van der Waals surface area contributed by atoms with Gasteiger partial charge in [0.25, 0.3) is 0 Å². The highest BCUT2D eigenvalue weighted by Gasteiger charge is 2.35. The molecule has 1 aromatic rings. The van der Waals surface area contributed by atoms with Crippen LogP contribution in [0.2, 0.25) is 0 Å². The Morgan fingerprint density at radius 3 is 2.50 bits per heavy atom. The molecular formula is C11H12F3NO. The third-order valence-corrected chi connectivity index (χ3v) is 2.71. The fraction of sp³-hybridized carbons (Fsp3) is 0.455. The van der Waals surface area contributed by atoms with Crippen LogP contribution in [0.25, 0.3) is 0 Å². The van der Waals surface area contributed by atoms with Gasteiger partial charge in [0.05, 0.1) is 11.7 Å². The van der Waals surface area contributed by atoms with Crippen LogP contribution in [0.3, 0.4) is 0 Å². The normalized spacial score (nSPS) is 21.5. The maximum atomic E-state index is 12.7. The number of hydrogen-bond acceptors (Lipinski definition) is 2. The average molecular weight is 231 g/mol. The van der Waals surface area contributed by atoms with Crippen molar-refractivity contribution in [2.45, 2.75) is 18.7 Å². The van der Waals surface area contributed by atoms with Gasteiger partial charge in [0.1, 0.15) is 0 Å². The molecule has 1 saturated heterocycles. The zero-order valence-corrected chi connectivity index (χ0v) is 8.54. The van der Waals surface area contributed by atoms with E-state index in [1.165, 1.54) is 12.1 Å². The second-order valence-corrected chi connectivity index (χ2v) is 3.90. The fourth-order valence-corrected chi connectivity index (χ4v) is 1.95. The third-order valence-electron chi connectivity index (χ3n) is 2.71. The van der Waals surface area contributed by atoms with Gasteiger partial charge in [0, 0.05) is 18.8 Å². The van der Waals surface area contributed by atoms with Crippen molar-refractivity contribution < 1.29 is 18.3 Å². The number of nitrogens with zero attached hydrogens (tertiary/aromatic N) is 1. The molecule has 16 heavy (non-hydrogen) atoms. The number of benzene rings is 1. The van der Waals surface area contributed by atoms with Gasteiger partial charge in [-0.2, -0.15) is 13.2 Å². The second kappa shape index (κ2) is 3.97. The quantitative estimate of drug-likeness (QED) is 0.801. The number of halogens is 3. The summed E-state index contributed by atoms with van der Waals surface area (Å²) < 4.78 is 38.1. The Balaban J connectivity index is 2.34. The van der Waals surface area contributed by atoms with Gasteiger partial charge in [-0.3, -0.25) is 0 Å². The van der Waals surface area contributed by atoms with E-state index in [0.29, 0.717) is 13.0 Å². The van der Waals surface area contributed by atoms with Crippen molar-refractivity contribution in [3.63, 3.8) is 0 Å². The maximum Gasteiger partial charge on any atom is 0.418 e. The van der Waals surface area contributed by atoms with Crippen LogP contribution in [0.5, 0.6) is 0 Å². The van der Waals surface area contributed by atoms with Gasteiger partial charge >= 0.3 is 6.18 Å². The lowest BCUT2D eigenvalue weighted by atomic mass is 10.1.